The molecule has 0 aliphatic carbocycles. The average molecular weight is 477 g/mol. The van der Waals surface area contributed by atoms with E-state index in [2.05, 4.69) is 15.9 Å². The Labute approximate surface area is 189 Å². The average Bonchev–Trinajstić information content (AvgIpc) is 3.10. The van der Waals surface area contributed by atoms with Crippen LogP contribution in [-0.4, -0.2) is 26.0 Å². The number of nitrogens with zero attached hydrogens (tertiary/aromatic N) is 2. The summed E-state index contributed by atoms with van der Waals surface area (Å²) in [4.78, 5) is 19.8. The molecule has 156 valence electrons. The maximum Gasteiger partial charge on any atom is 0.282 e. The summed E-state index contributed by atoms with van der Waals surface area (Å²) in [6.45, 7) is 2.02. The molecular weight excluding hydrogens is 456 g/mol. The standard InChI is InChI=1S/C25H21BrN2O3/c1-16-5-4-6-18(13-16)24-27-22(14-17-7-12-21(30-2)15-23(17)31-3)25(29)28(24)20-10-8-19(26)9-11-20/h4-15H,1-3H3/b22-14+. The number of rotatable bonds is 5. The van der Waals surface area contributed by atoms with Crippen LogP contribution < -0.4 is 14.4 Å². The Kier molecular flexibility index (Phi) is 5.91. The summed E-state index contributed by atoms with van der Waals surface area (Å²) >= 11 is 3.45. The van der Waals surface area contributed by atoms with Crippen molar-refractivity contribution in [3.05, 3.63) is 93.6 Å². The zero-order valence-corrected chi connectivity index (χ0v) is 19.0. The second kappa shape index (κ2) is 8.78. The smallest absolute Gasteiger partial charge is 0.282 e. The van der Waals surface area contributed by atoms with Crippen molar-refractivity contribution in [3.63, 3.8) is 0 Å². The highest BCUT2D eigenvalue weighted by atomic mass is 79.9. The molecule has 1 amide bonds. The predicted molar refractivity (Wildman–Crippen MR) is 127 cm³/mol. The van der Waals surface area contributed by atoms with E-state index in [0.29, 0.717) is 23.0 Å². The zero-order valence-electron chi connectivity index (χ0n) is 17.4. The Hall–Kier alpha value is -3.38. The first-order chi connectivity index (χ1) is 15.0. The quantitative estimate of drug-likeness (QED) is 0.449. The lowest BCUT2D eigenvalue weighted by Gasteiger charge is -2.19. The van der Waals surface area contributed by atoms with E-state index < -0.39 is 0 Å². The summed E-state index contributed by atoms with van der Waals surface area (Å²) in [5, 5.41) is 0. The monoisotopic (exact) mass is 476 g/mol. The van der Waals surface area contributed by atoms with E-state index in [0.717, 1.165) is 26.9 Å². The van der Waals surface area contributed by atoms with E-state index in [1.165, 1.54) is 0 Å². The van der Waals surface area contributed by atoms with Gasteiger partial charge < -0.3 is 9.47 Å². The molecule has 31 heavy (non-hydrogen) atoms. The first-order valence-corrected chi connectivity index (χ1v) is 10.5. The number of anilines is 1. The zero-order chi connectivity index (χ0) is 22.0. The molecule has 4 rings (SSSR count). The van der Waals surface area contributed by atoms with Crippen molar-refractivity contribution in [1.82, 2.24) is 0 Å². The number of ether oxygens (including phenoxy) is 2. The molecule has 0 bridgehead atoms. The summed E-state index contributed by atoms with van der Waals surface area (Å²) in [7, 11) is 3.19. The number of benzene rings is 3. The molecule has 0 saturated heterocycles. The van der Waals surface area contributed by atoms with Gasteiger partial charge in [-0.1, -0.05) is 39.7 Å². The molecule has 0 radical (unpaired) electrons. The normalized spacial score (nSPS) is 14.7. The summed E-state index contributed by atoms with van der Waals surface area (Å²) < 4.78 is 11.7. The predicted octanol–water partition coefficient (Wildman–Crippen LogP) is 5.61. The van der Waals surface area contributed by atoms with Crippen LogP contribution in [0.25, 0.3) is 6.08 Å². The third-order valence-electron chi connectivity index (χ3n) is 4.95. The summed E-state index contributed by atoms with van der Waals surface area (Å²) in [6.07, 6.45) is 1.75. The highest BCUT2D eigenvalue weighted by Gasteiger charge is 2.32. The van der Waals surface area contributed by atoms with Gasteiger partial charge in [0, 0.05) is 21.7 Å². The van der Waals surface area contributed by atoms with E-state index in [4.69, 9.17) is 14.5 Å². The van der Waals surface area contributed by atoms with E-state index >= 15 is 0 Å². The molecule has 0 unspecified atom stereocenters. The van der Waals surface area contributed by atoms with Crippen LogP contribution in [0.5, 0.6) is 11.5 Å². The van der Waals surface area contributed by atoms with Gasteiger partial charge in [0.25, 0.3) is 5.91 Å². The van der Waals surface area contributed by atoms with Crippen molar-refractivity contribution in [1.29, 1.82) is 0 Å². The number of hydrogen-bond donors (Lipinski definition) is 0. The van der Waals surface area contributed by atoms with Crippen molar-refractivity contribution >= 4 is 39.4 Å². The van der Waals surface area contributed by atoms with Crippen LogP contribution in [0.3, 0.4) is 0 Å². The van der Waals surface area contributed by atoms with Crippen LogP contribution >= 0.6 is 15.9 Å². The van der Waals surface area contributed by atoms with Crippen molar-refractivity contribution in [2.24, 2.45) is 4.99 Å². The second-order valence-corrected chi connectivity index (χ2v) is 7.98. The molecule has 0 spiro atoms. The van der Waals surface area contributed by atoms with Crippen LogP contribution in [0.2, 0.25) is 0 Å². The van der Waals surface area contributed by atoms with Crippen LogP contribution in [0.1, 0.15) is 16.7 Å². The Morgan fingerprint density at radius 1 is 0.968 bits per heavy atom. The minimum atomic E-state index is -0.198. The number of amides is 1. The second-order valence-electron chi connectivity index (χ2n) is 7.06. The number of amidine groups is 1. The van der Waals surface area contributed by atoms with Gasteiger partial charge in [0.05, 0.1) is 19.9 Å². The highest BCUT2D eigenvalue weighted by molar-refractivity contribution is 9.10. The molecular formula is C25H21BrN2O3. The van der Waals surface area contributed by atoms with Gasteiger partial charge >= 0.3 is 0 Å². The van der Waals surface area contributed by atoms with E-state index in [1.807, 2.05) is 67.6 Å². The number of aliphatic imine (C=N–C) groups is 1. The first-order valence-electron chi connectivity index (χ1n) is 9.69. The van der Waals surface area contributed by atoms with Gasteiger partial charge in [-0.25, -0.2) is 4.99 Å². The molecule has 3 aromatic rings. The van der Waals surface area contributed by atoms with Crippen molar-refractivity contribution in [3.8, 4) is 11.5 Å². The summed E-state index contributed by atoms with van der Waals surface area (Å²) in [6, 6.07) is 21.0. The lowest BCUT2D eigenvalue weighted by atomic mass is 10.1. The maximum atomic E-state index is 13.5. The SMILES string of the molecule is COc1ccc(/C=C2/N=C(c3cccc(C)c3)N(c3ccc(Br)cc3)C2=O)c(OC)c1. The molecule has 0 atom stereocenters. The lowest BCUT2D eigenvalue weighted by molar-refractivity contribution is -0.113. The molecule has 1 heterocycles. The van der Waals surface area contributed by atoms with Gasteiger partial charge in [-0.05, 0) is 55.5 Å². The Bertz CT molecular complexity index is 1200. The third-order valence-corrected chi connectivity index (χ3v) is 5.48. The molecule has 0 fully saturated rings. The third kappa shape index (κ3) is 4.25. The fourth-order valence-electron chi connectivity index (χ4n) is 3.41. The highest BCUT2D eigenvalue weighted by Crippen LogP contribution is 2.32. The van der Waals surface area contributed by atoms with Gasteiger partial charge in [-0.2, -0.15) is 0 Å². The number of carbonyl (C=O) groups is 1. The number of halogens is 1. The minimum absolute atomic E-state index is 0.198. The first kappa shape index (κ1) is 20.9. The van der Waals surface area contributed by atoms with Gasteiger partial charge in [0.15, 0.2) is 0 Å². The lowest BCUT2D eigenvalue weighted by Crippen LogP contribution is -2.32. The number of carbonyl (C=O) groups excluding carboxylic acids is 1. The Balaban J connectivity index is 1.83. The minimum Gasteiger partial charge on any atom is -0.497 e. The maximum absolute atomic E-state index is 13.5. The van der Waals surface area contributed by atoms with Gasteiger partial charge in [0.2, 0.25) is 0 Å². The van der Waals surface area contributed by atoms with E-state index in [1.54, 1.807) is 31.3 Å². The molecule has 3 aromatic carbocycles. The Morgan fingerprint density at radius 3 is 2.42 bits per heavy atom. The molecule has 0 aromatic heterocycles. The molecule has 0 saturated carbocycles. The van der Waals surface area contributed by atoms with Gasteiger partial charge in [-0.15, -0.1) is 0 Å². The Morgan fingerprint density at radius 2 is 1.74 bits per heavy atom. The van der Waals surface area contributed by atoms with Crippen molar-refractivity contribution < 1.29 is 14.3 Å². The topological polar surface area (TPSA) is 51.1 Å². The van der Waals surface area contributed by atoms with Gasteiger partial charge in [-0.3, -0.25) is 9.69 Å². The largest absolute Gasteiger partial charge is 0.497 e. The fourth-order valence-corrected chi connectivity index (χ4v) is 3.67. The molecule has 0 N–H and O–H groups in total. The van der Waals surface area contributed by atoms with Crippen LogP contribution in [0.4, 0.5) is 5.69 Å². The van der Waals surface area contributed by atoms with Crippen molar-refractivity contribution in [2.45, 2.75) is 6.92 Å². The van der Waals surface area contributed by atoms with Crippen molar-refractivity contribution in [2.75, 3.05) is 19.1 Å². The van der Waals surface area contributed by atoms with Gasteiger partial charge in [0.1, 0.15) is 23.0 Å². The number of aryl methyl sites for hydroxylation is 1. The molecule has 5 nitrogen and oxygen atoms in total. The molecule has 1 aliphatic rings. The molecule has 6 heteroatoms. The summed E-state index contributed by atoms with van der Waals surface area (Å²) in [5.41, 5.74) is 3.80. The number of hydrogen-bond acceptors (Lipinski definition) is 4. The summed E-state index contributed by atoms with van der Waals surface area (Å²) in [5.74, 6) is 1.68. The van der Waals surface area contributed by atoms with E-state index in [-0.39, 0.29) is 5.91 Å². The van der Waals surface area contributed by atoms with Crippen LogP contribution in [0, 0.1) is 6.92 Å². The number of methoxy groups -OCH3 is 2. The van der Waals surface area contributed by atoms with Crippen LogP contribution in [0.15, 0.2) is 81.9 Å². The fraction of sp³-hybridized carbons (Fsp3) is 0.120. The van der Waals surface area contributed by atoms with E-state index in [9.17, 15) is 4.79 Å². The molecule has 1 aliphatic heterocycles. The van der Waals surface area contributed by atoms with Crippen LogP contribution in [-0.2, 0) is 4.79 Å².